The summed E-state index contributed by atoms with van der Waals surface area (Å²) in [6.07, 6.45) is 3.10. The van der Waals surface area contributed by atoms with Crippen LogP contribution in [0, 0.1) is 0 Å². The van der Waals surface area contributed by atoms with Crippen molar-refractivity contribution in [2.24, 2.45) is 0 Å². The first-order valence-corrected chi connectivity index (χ1v) is 6.24. The van der Waals surface area contributed by atoms with Gasteiger partial charge in [-0.25, -0.2) is 0 Å². The minimum atomic E-state index is -2.85. The number of furan rings is 1. The number of fused-ring (bicyclic) bond motifs is 1. The van der Waals surface area contributed by atoms with Gasteiger partial charge in [-0.1, -0.05) is 12.1 Å². The predicted octanol–water partition coefficient (Wildman–Crippen LogP) is 3.24. The van der Waals surface area contributed by atoms with E-state index in [9.17, 15) is 13.6 Å². The van der Waals surface area contributed by atoms with Crippen molar-refractivity contribution >= 4 is 11.0 Å². The average Bonchev–Trinajstić information content (AvgIpc) is 2.93. The Labute approximate surface area is 118 Å². The van der Waals surface area contributed by atoms with Crippen molar-refractivity contribution in [2.75, 3.05) is 0 Å². The molecule has 2 heterocycles. The average molecular weight is 291 g/mol. The lowest BCUT2D eigenvalue weighted by Crippen LogP contribution is -2.19. The van der Waals surface area contributed by atoms with Gasteiger partial charge in [0.2, 0.25) is 0 Å². The number of pyridine rings is 1. The monoisotopic (exact) mass is 291 g/mol. The Hall–Kier alpha value is -2.63. The molecule has 0 spiro atoms. The van der Waals surface area contributed by atoms with E-state index in [0.717, 1.165) is 5.56 Å². The van der Waals surface area contributed by atoms with Gasteiger partial charge in [0.05, 0.1) is 18.2 Å². The molecule has 0 radical (unpaired) electrons. The molecule has 0 aliphatic heterocycles. The molecule has 0 bridgehead atoms. The smallest absolute Gasteiger partial charge is 0.387 e. The van der Waals surface area contributed by atoms with E-state index in [4.69, 9.17) is 4.42 Å². The van der Waals surface area contributed by atoms with Gasteiger partial charge in [0.25, 0.3) is 5.56 Å². The van der Waals surface area contributed by atoms with E-state index >= 15 is 0 Å². The molecular weight excluding hydrogens is 280 g/mol. The Morgan fingerprint density at radius 3 is 2.62 bits per heavy atom. The number of hydrogen-bond donors (Lipinski definition) is 0. The number of aromatic nitrogens is 1. The topological polar surface area (TPSA) is 44.4 Å². The highest BCUT2D eigenvalue weighted by Gasteiger charge is 2.07. The van der Waals surface area contributed by atoms with Crippen molar-refractivity contribution in [3.05, 3.63) is 64.8 Å². The molecule has 1 aromatic carbocycles. The number of hydrogen-bond acceptors (Lipinski definition) is 3. The lowest BCUT2D eigenvalue weighted by Gasteiger charge is -2.08. The number of ether oxygens (including phenoxy) is 1. The Kier molecular flexibility index (Phi) is 3.43. The fourth-order valence-electron chi connectivity index (χ4n) is 2.10. The van der Waals surface area contributed by atoms with E-state index in [1.807, 2.05) is 0 Å². The Morgan fingerprint density at radius 1 is 1.14 bits per heavy atom. The van der Waals surface area contributed by atoms with Crippen LogP contribution in [0.5, 0.6) is 5.75 Å². The normalized spacial score (nSPS) is 11.2. The third-order valence-electron chi connectivity index (χ3n) is 3.09. The first-order chi connectivity index (χ1) is 10.1. The maximum atomic E-state index is 12.2. The molecule has 21 heavy (non-hydrogen) atoms. The van der Waals surface area contributed by atoms with Gasteiger partial charge in [0, 0.05) is 6.20 Å². The summed E-state index contributed by atoms with van der Waals surface area (Å²) in [7, 11) is 0. The van der Waals surface area contributed by atoms with Crippen LogP contribution in [0.3, 0.4) is 0 Å². The maximum Gasteiger partial charge on any atom is 0.387 e. The molecule has 0 saturated heterocycles. The third-order valence-corrected chi connectivity index (χ3v) is 3.09. The lowest BCUT2D eigenvalue weighted by atomic mass is 10.2. The van der Waals surface area contributed by atoms with E-state index in [-0.39, 0.29) is 11.3 Å². The molecule has 0 saturated carbocycles. The largest absolute Gasteiger partial charge is 0.464 e. The lowest BCUT2D eigenvalue weighted by molar-refractivity contribution is -0.0498. The summed E-state index contributed by atoms with van der Waals surface area (Å²) < 4.78 is 35.1. The number of halogens is 2. The molecular formula is C15H11F2NO3. The van der Waals surface area contributed by atoms with E-state index in [1.165, 1.54) is 23.0 Å². The molecule has 0 atom stereocenters. The van der Waals surface area contributed by atoms with Gasteiger partial charge < -0.3 is 13.7 Å². The highest BCUT2D eigenvalue weighted by molar-refractivity contribution is 5.75. The molecule has 6 heteroatoms. The zero-order chi connectivity index (χ0) is 14.8. The van der Waals surface area contributed by atoms with Crippen molar-refractivity contribution in [1.29, 1.82) is 0 Å². The molecule has 0 fully saturated rings. The van der Waals surface area contributed by atoms with Crippen LogP contribution in [0.25, 0.3) is 11.0 Å². The van der Waals surface area contributed by atoms with Gasteiger partial charge in [-0.05, 0) is 29.8 Å². The molecule has 4 nitrogen and oxygen atoms in total. The summed E-state index contributed by atoms with van der Waals surface area (Å²) in [6.45, 7) is -2.50. The summed E-state index contributed by atoms with van der Waals surface area (Å²) in [6, 6.07) is 9.51. The molecule has 3 rings (SSSR count). The van der Waals surface area contributed by atoms with Crippen LogP contribution in [0.4, 0.5) is 8.78 Å². The Bertz CT molecular complexity index is 806. The van der Waals surface area contributed by atoms with E-state index in [2.05, 4.69) is 4.74 Å². The van der Waals surface area contributed by atoms with Gasteiger partial charge in [-0.3, -0.25) is 4.79 Å². The summed E-state index contributed by atoms with van der Waals surface area (Å²) in [5.74, 6) is 0.0892. The second-order valence-electron chi connectivity index (χ2n) is 4.47. The zero-order valence-corrected chi connectivity index (χ0v) is 10.8. The molecule has 108 valence electrons. The van der Waals surface area contributed by atoms with Crippen molar-refractivity contribution < 1.29 is 17.9 Å². The van der Waals surface area contributed by atoms with Gasteiger partial charge >= 0.3 is 6.61 Å². The Morgan fingerprint density at radius 2 is 1.90 bits per heavy atom. The van der Waals surface area contributed by atoms with Gasteiger partial charge in [-0.2, -0.15) is 8.78 Å². The summed E-state index contributed by atoms with van der Waals surface area (Å²) in [4.78, 5) is 12.2. The highest BCUT2D eigenvalue weighted by Crippen LogP contribution is 2.16. The standard InChI is InChI=1S/C15H11F2NO3/c16-15(17)21-11-3-1-10(2-4-11)9-18-7-5-13-12(14(18)19)6-8-20-13/h1-8,15H,9H2. The quantitative estimate of drug-likeness (QED) is 0.741. The van der Waals surface area contributed by atoms with Gasteiger partial charge in [0.15, 0.2) is 0 Å². The minimum Gasteiger partial charge on any atom is -0.464 e. The van der Waals surface area contributed by atoms with E-state index in [0.29, 0.717) is 17.5 Å². The molecule has 2 aromatic heterocycles. The number of alkyl halides is 2. The summed E-state index contributed by atoms with van der Waals surface area (Å²) in [5, 5.41) is 0.509. The second kappa shape index (κ2) is 5.40. The predicted molar refractivity (Wildman–Crippen MR) is 72.7 cm³/mol. The van der Waals surface area contributed by atoms with Crippen LogP contribution < -0.4 is 10.3 Å². The zero-order valence-electron chi connectivity index (χ0n) is 10.8. The number of rotatable bonds is 4. The molecule has 0 N–H and O–H groups in total. The first-order valence-electron chi connectivity index (χ1n) is 6.24. The molecule has 0 amide bonds. The van der Waals surface area contributed by atoms with E-state index in [1.54, 1.807) is 30.5 Å². The van der Waals surface area contributed by atoms with Crippen LogP contribution in [-0.2, 0) is 6.54 Å². The minimum absolute atomic E-state index is 0.0892. The number of benzene rings is 1. The maximum absolute atomic E-state index is 12.2. The van der Waals surface area contributed by atoms with Crippen molar-refractivity contribution in [1.82, 2.24) is 4.57 Å². The third kappa shape index (κ3) is 2.79. The van der Waals surface area contributed by atoms with Crippen LogP contribution in [0.1, 0.15) is 5.56 Å². The van der Waals surface area contributed by atoms with Crippen LogP contribution in [-0.4, -0.2) is 11.2 Å². The molecule has 3 aromatic rings. The van der Waals surface area contributed by atoms with Crippen molar-refractivity contribution in [3.63, 3.8) is 0 Å². The SMILES string of the molecule is O=c1c2ccoc2ccn1Cc1ccc(OC(F)F)cc1. The van der Waals surface area contributed by atoms with Gasteiger partial charge in [-0.15, -0.1) is 0 Å². The molecule has 0 aliphatic carbocycles. The second-order valence-corrected chi connectivity index (χ2v) is 4.47. The van der Waals surface area contributed by atoms with Crippen molar-refractivity contribution in [3.8, 4) is 5.75 Å². The van der Waals surface area contributed by atoms with Crippen molar-refractivity contribution in [2.45, 2.75) is 13.2 Å². The van der Waals surface area contributed by atoms with Crippen LogP contribution in [0.15, 0.2) is 58.1 Å². The fraction of sp³-hybridized carbons (Fsp3) is 0.133. The van der Waals surface area contributed by atoms with E-state index < -0.39 is 6.61 Å². The molecule has 0 aliphatic rings. The highest BCUT2D eigenvalue weighted by atomic mass is 19.3. The summed E-state index contributed by atoms with van der Waals surface area (Å²) >= 11 is 0. The first kappa shape index (κ1) is 13.4. The van der Waals surface area contributed by atoms with Gasteiger partial charge in [0.1, 0.15) is 11.3 Å². The van der Waals surface area contributed by atoms with Crippen LogP contribution >= 0.6 is 0 Å². The fourth-order valence-corrected chi connectivity index (χ4v) is 2.10. The number of nitrogens with zero attached hydrogens (tertiary/aromatic N) is 1. The molecule has 0 unspecified atom stereocenters. The van der Waals surface area contributed by atoms with Crippen LogP contribution in [0.2, 0.25) is 0 Å². The summed E-state index contributed by atoms with van der Waals surface area (Å²) in [5.41, 5.74) is 1.19. The Balaban J connectivity index is 1.84.